The van der Waals surface area contributed by atoms with Crippen LogP contribution in [-0.2, 0) is 0 Å². The first-order valence-electron chi connectivity index (χ1n) is 8.29. The van der Waals surface area contributed by atoms with E-state index in [2.05, 4.69) is 19.8 Å². The van der Waals surface area contributed by atoms with Crippen LogP contribution >= 0.6 is 11.5 Å². The predicted octanol–water partition coefficient (Wildman–Crippen LogP) is 3.06. The number of benzene rings is 1. The Balaban J connectivity index is 1.51. The number of aryl methyl sites for hydroxylation is 1. The maximum Gasteiger partial charge on any atom is 0.267 e. The van der Waals surface area contributed by atoms with Crippen molar-refractivity contribution in [2.45, 2.75) is 25.7 Å². The lowest BCUT2D eigenvalue weighted by atomic mass is 9.98. The highest BCUT2D eigenvalue weighted by Crippen LogP contribution is 2.29. The smallest absolute Gasteiger partial charge is 0.267 e. The Morgan fingerprint density at radius 3 is 2.81 bits per heavy atom. The highest BCUT2D eigenvalue weighted by Gasteiger charge is 2.30. The fourth-order valence-corrected chi connectivity index (χ4v) is 3.67. The van der Waals surface area contributed by atoms with Gasteiger partial charge in [0, 0.05) is 18.7 Å². The standard InChI is InChI=1S/C17H16FN5O2S/c1-10-14(26-22-19-10)17(24)23-8-2-3-12(9-23)16-21-20-15(25-16)11-4-6-13(18)7-5-11/h4-7,12H,2-3,8-9H2,1H3. The molecule has 0 N–H and O–H groups in total. The van der Waals surface area contributed by atoms with Crippen LogP contribution in [0.5, 0.6) is 0 Å². The topological polar surface area (TPSA) is 85.0 Å². The average Bonchev–Trinajstić information content (AvgIpc) is 3.31. The maximum absolute atomic E-state index is 13.0. The molecule has 134 valence electrons. The highest BCUT2D eigenvalue weighted by atomic mass is 32.1. The van der Waals surface area contributed by atoms with Crippen LogP contribution in [0, 0.1) is 12.7 Å². The van der Waals surface area contributed by atoms with E-state index in [1.165, 1.54) is 12.1 Å². The van der Waals surface area contributed by atoms with Crippen LogP contribution in [0.25, 0.3) is 11.5 Å². The molecule has 0 aliphatic carbocycles. The van der Waals surface area contributed by atoms with Gasteiger partial charge in [0.1, 0.15) is 10.7 Å². The number of nitrogens with zero attached hydrogens (tertiary/aromatic N) is 5. The summed E-state index contributed by atoms with van der Waals surface area (Å²) < 4.78 is 22.7. The summed E-state index contributed by atoms with van der Waals surface area (Å²) in [6, 6.07) is 5.91. The van der Waals surface area contributed by atoms with E-state index in [0.717, 1.165) is 24.4 Å². The van der Waals surface area contributed by atoms with E-state index in [9.17, 15) is 9.18 Å². The van der Waals surface area contributed by atoms with Crippen LogP contribution in [0.15, 0.2) is 28.7 Å². The lowest BCUT2D eigenvalue weighted by molar-refractivity contribution is 0.0702. The minimum atomic E-state index is -0.317. The normalized spacial score (nSPS) is 17.5. The molecule has 7 nitrogen and oxygen atoms in total. The van der Waals surface area contributed by atoms with Crippen molar-refractivity contribution < 1.29 is 13.6 Å². The third-order valence-corrected chi connectivity index (χ3v) is 5.25. The maximum atomic E-state index is 13.0. The SMILES string of the molecule is Cc1nnsc1C(=O)N1CCCC(c2nnc(-c3ccc(F)cc3)o2)C1. The molecule has 3 heterocycles. The van der Waals surface area contributed by atoms with Gasteiger partial charge in [0.05, 0.1) is 11.6 Å². The van der Waals surface area contributed by atoms with Gasteiger partial charge in [-0.1, -0.05) is 4.49 Å². The Bertz CT molecular complexity index is 923. The van der Waals surface area contributed by atoms with Crippen molar-refractivity contribution >= 4 is 17.4 Å². The van der Waals surface area contributed by atoms with Crippen molar-refractivity contribution in [3.63, 3.8) is 0 Å². The zero-order chi connectivity index (χ0) is 18.1. The number of aromatic nitrogens is 4. The van der Waals surface area contributed by atoms with E-state index in [1.807, 2.05) is 0 Å². The van der Waals surface area contributed by atoms with Crippen LogP contribution in [0.3, 0.4) is 0 Å². The third-order valence-electron chi connectivity index (χ3n) is 4.44. The van der Waals surface area contributed by atoms with Gasteiger partial charge in [0.25, 0.3) is 5.91 Å². The Labute approximate surface area is 153 Å². The Morgan fingerprint density at radius 1 is 1.27 bits per heavy atom. The van der Waals surface area contributed by atoms with Crippen LogP contribution in [-0.4, -0.2) is 43.7 Å². The quantitative estimate of drug-likeness (QED) is 0.701. The third kappa shape index (κ3) is 3.22. The van der Waals surface area contributed by atoms with Crippen molar-refractivity contribution in [2.24, 2.45) is 0 Å². The van der Waals surface area contributed by atoms with Gasteiger partial charge in [-0.3, -0.25) is 4.79 Å². The van der Waals surface area contributed by atoms with E-state index in [0.29, 0.717) is 41.0 Å². The summed E-state index contributed by atoms with van der Waals surface area (Å²) in [5.41, 5.74) is 1.32. The Hall–Kier alpha value is -2.68. The fraction of sp³-hybridized carbons (Fsp3) is 0.353. The second-order valence-corrected chi connectivity index (χ2v) is 6.98. The minimum Gasteiger partial charge on any atom is -0.420 e. The molecule has 1 atom stereocenters. The second-order valence-electron chi connectivity index (χ2n) is 6.23. The number of rotatable bonds is 3. The van der Waals surface area contributed by atoms with Crippen molar-refractivity contribution in [1.82, 2.24) is 24.7 Å². The van der Waals surface area contributed by atoms with E-state index < -0.39 is 0 Å². The van der Waals surface area contributed by atoms with Gasteiger partial charge in [-0.05, 0) is 55.6 Å². The summed E-state index contributed by atoms with van der Waals surface area (Å²) in [7, 11) is 0. The van der Waals surface area contributed by atoms with Crippen LogP contribution in [0.2, 0.25) is 0 Å². The number of halogens is 1. The number of hydrogen-bond donors (Lipinski definition) is 0. The molecule has 1 fully saturated rings. The van der Waals surface area contributed by atoms with Crippen molar-refractivity contribution in [1.29, 1.82) is 0 Å². The van der Waals surface area contributed by atoms with Gasteiger partial charge in [-0.2, -0.15) is 0 Å². The number of amides is 1. The van der Waals surface area contributed by atoms with Gasteiger partial charge in [-0.15, -0.1) is 15.3 Å². The molecule has 0 bridgehead atoms. The van der Waals surface area contributed by atoms with Crippen molar-refractivity contribution in [3.8, 4) is 11.5 Å². The summed E-state index contributed by atoms with van der Waals surface area (Å²) in [5.74, 6) is 0.464. The number of carbonyl (C=O) groups is 1. The number of carbonyl (C=O) groups excluding carboxylic acids is 1. The Kier molecular flexibility index (Phi) is 4.46. The lowest BCUT2D eigenvalue weighted by Gasteiger charge is -2.30. The molecule has 4 rings (SSSR count). The molecule has 1 amide bonds. The lowest BCUT2D eigenvalue weighted by Crippen LogP contribution is -2.39. The molecule has 1 aliphatic heterocycles. The molecule has 1 unspecified atom stereocenters. The second kappa shape index (κ2) is 6.91. The first-order valence-corrected chi connectivity index (χ1v) is 9.06. The number of likely N-dealkylation sites (tertiary alicyclic amines) is 1. The molecule has 3 aromatic rings. The van der Waals surface area contributed by atoms with Gasteiger partial charge < -0.3 is 9.32 Å². The summed E-state index contributed by atoms with van der Waals surface area (Å²) in [4.78, 5) is 15.0. The van der Waals surface area contributed by atoms with E-state index in [-0.39, 0.29) is 17.6 Å². The summed E-state index contributed by atoms with van der Waals surface area (Å²) >= 11 is 1.12. The van der Waals surface area contributed by atoms with E-state index >= 15 is 0 Å². The molecule has 0 saturated carbocycles. The molecule has 1 saturated heterocycles. The molecule has 0 spiro atoms. The van der Waals surface area contributed by atoms with Crippen molar-refractivity contribution in [2.75, 3.05) is 13.1 Å². The van der Waals surface area contributed by atoms with Crippen LogP contribution in [0.1, 0.15) is 40.0 Å². The molecule has 2 aromatic heterocycles. The molecule has 9 heteroatoms. The van der Waals surface area contributed by atoms with Gasteiger partial charge in [-0.25, -0.2) is 4.39 Å². The molecular weight excluding hydrogens is 357 g/mol. The first-order chi connectivity index (χ1) is 12.6. The number of piperidine rings is 1. The van der Waals surface area contributed by atoms with E-state index in [4.69, 9.17) is 4.42 Å². The largest absolute Gasteiger partial charge is 0.420 e. The fourth-order valence-electron chi connectivity index (χ4n) is 3.04. The van der Waals surface area contributed by atoms with Crippen molar-refractivity contribution in [3.05, 3.63) is 46.5 Å². The monoisotopic (exact) mass is 373 g/mol. The zero-order valence-corrected chi connectivity index (χ0v) is 14.9. The van der Waals surface area contributed by atoms with E-state index in [1.54, 1.807) is 24.0 Å². The predicted molar refractivity (Wildman–Crippen MR) is 92.2 cm³/mol. The molecule has 1 aromatic carbocycles. The van der Waals surface area contributed by atoms with Gasteiger partial charge in [0.15, 0.2) is 0 Å². The highest BCUT2D eigenvalue weighted by molar-refractivity contribution is 7.07. The summed E-state index contributed by atoms with van der Waals surface area (Å²) in [5, 5.41) is 12.1. The van der Waals surface area contributed by atoms with Gasteiger partial charge in [0.2, 0.25) is 11.8 Å². The van der Waals surface area contributed by atoms with Gasteiger partial charge >= 0.3 is 0 Å². The van der Waals surface area contributed by atoms with Crippen LogP contribution < -0.4 is 0 Å². The molecule has 26 heavy (non-hydrogen) atoms. The number of hydrogen-bond acceptors (Lipinski definition) is 7. The molecule has 0 radical (unpaired) electrons. The van der Waals surface area contributed by atoms with Crippen LogP contribution in [0.4, 0.5) is 4.39 Å². The average molecular weight is 373 g/mol. The Morgan fingerprint density at radius 2 is 2.08 bits per heavy atom. The first kappa shape index (κ1) is 16.8. The summed E-state index contributed by atoms with van der Waals surface area (Å²) in [6.07, 6.45) is 1.73. The molecule has 1 aliphatic rings. The molecular formula is C17H16FN5O2S. The zero-order valence-electron chi connectivity index (χ0n) is 14.1. The minimum absolute atomic E-state index is 0.0180. The summed E-state index contributed by atoms with van der Waals surface area (Å²) in [6.45, 7) is 2.98.